The first kappa shape index (κ1) is 20.6. The second-order valence-corrected chi connectivity index (χ2v) is 9.44. The summed E-state index contributed by atoms with van der Waals surface area (Å²) in [6.45, 7) is 10.1. The first-order valence-electron chi connectivity index (χ1n) is 10.7. The summed E-state index contributed by atoms with van der Waals surface area (Å²) in [7, 11) is 0. The van der Waals surface area contributed by atoms with E-state index in [-0.39, 0.29) is 28.6 Å². The van der Waals surface area contributed by atoms with Gasteiger partial charge >= 0.3 is 0 Å². The number of allylic oxidation sites excluding steroid dienone is 2. The van der Waals surface area contributed by atoms with Crippen LogP contribution in [0.1, 0.15) is 57.2 Å². The quantitative estimate of drug-likeness (QED) is 0.606. The molecule has 0 aromatic heterocycles. The van der Waals surface area contributed by atoms with Gasteiger partial charge in [0.1, 0.15) is 11.5 Å². The molecule has 2 aromatic carbocycles. The van der Waals surface area contributed by atoms with Crippen LogP contribution in [0.5, 0.6) is 11.5 Å². The SMILES string of the molecule is CCc1ccc(Oc2ccc(C)cc2F)cc1C1=C(O)[C@@]2(C)CC[C@@H](C1=O)C2(C)C. The highest BCUT2D eigenvalue weighted by Crippen LogP contribution is 2.64. The molecule has 2 bridgehead atoms. The van der Waals surface area contributed by atoms with Crippen molar-refractivity contribution in [1.82, 2.24) is 0 Å². The van der Waals surface area contributed by atoms with Crippen molar-refractivity contribution in [2.75, 3.05) is 0 Å². The van der Waals surface area contributed by atoms with Gasteiger partial charge in [-0.3, -0.25) is 4.79 Å². The molecule has 0 radical (unpaired) electrons. The number of rotatable bonds is 4. The number of ether oxygens (including phenoxy) is 1. The van der Waals surface area contributed by atoms with Crippen molar-refractivity contribution in [3.8, 4) is 11.5 Å². The first-order valence-corrected chi connectivity index (χ1v) is 10.7. The van der Waals surface area contributed by atoms with E-state index >= 15 is 0 Å². The highest BCUT2D eigenvalue weighted by atomic mass is 19.1. The van der Waals surface area contributed by atoms with Crippen molar-refractivity contribution in [2.24, 2.45) is 16.7 Å². The summed E-state index contributed by atoms with van der Waals surface area (Å²) in [5, 5.41) is 11.3. The van der Waals surface area contributed by atoms with Crippen LogP contribution >= 0.6 is 0 Å². The Kier molecular flexibility index (Phi) is 4.80. The molecular weight excluding hydrogens is 379 g/mol. The van der Waals surface area contributed by atoms with Crippen molar-refractivity contribution < 1.29 is 19.0 Å². The van der Waals surface area contributed by atoms with Crippen molar-refractivity contribution in [2.45, 2.75) is 53.9 Å². The zero-order valence-corrected chi connectivity index (χ0v) is 18.3. The molecule has 0 aliphatic heterocycles. The number of ketones is 1. The van der Waals surface area contributed by atoms with Gasteiger partial charge in [0.05, 0.1) is 5.57 Å². The third kappa shape index (κ3) is 2.88. The fourth-order valence-electron chi connectivity index (χ4n) is 5.19. The van der Waals surface area contributed by atoms with E-state index in [2.05, 4.69) is 20.8 Å². The second-order valence-electron chi connectivity index (χ2n) is 9.44. The minimum Gasteiger partial charge on any atom is -0.511 e. The Balaban J connectivity index is 1.82. The van der Waals surface area contributed by atoms with E-state index in [1.807, 2.05) is 19.9 Å². The van der Waals surface area contributed by atoms with Crippen LogP contribution in [0.3, 0.4) is 0 Å². The van der Waals surface area contributed by atoms with Crippen LogP contribution in [-0.2, 0) is 11.2 Å². The lowest BCUT2D eigenvalue weighted by Crippen LogP contribution is -2.43. The van der Waals surface area contributed by atoms with Gasteiger partial charge in [-0.15, -0.1) is 0 Å². The molecule has 4 rings (SSSR count). The molecule has 1 N–H and O–H groups in total. The number of fused-ring (bicyclic) bond motifs is 2. The van der Waals surface area contributed by atoms with Crippen molar-refractivity contribution in [3.63, 3.8) is 0 Å². The third-order valence-corrected chi connectivity index (χ3v) is 7.60. The predicted octanol–water partition coefficient (Wildman–Crippen LogP) is 6.78. The largest absolute Gasteiger partial charge is 0.511 e. The predicted molar refractivity (Wildman–Crippen MR) is 116 cm³/mol. The molecule has 30 heavy (non-hydrogen) atoms. The van der Waals surface area contributed by atoms with Crippen molar-refractivity contribution >= 4 is 11.4 Å². The maximum atomic E-state index is 14.3. The lowest BCUT2D eigenvalue weighted by atomic mass is 9.58. The molecule has 0 heterocycles. The Morgan fingerprint density at radius 3 is 2.57 bits per heavy atom. The molecule has 2 atom stereocenters. The smallest absolute Gasteiger partial charge is 0.170 e. The molecule has 4 heteroatoms. The Labute approximate surface area is 177 Å². The zero-order valence-electron chi connectivity index (χ0n) is 18.3. The summed E-state index contributed by atoms with van der Waals surface area (Å²) in [4.78, 5) is 13.5. The number of hydrogen-bond acceptors (Lipinski definition) is 3. The van der Waals surface area contributed by atoms with Gasteiger partial charge in [-0.05, 0) is 72.6 Å². The van der Waals surface area contributed by atoms with Gasteiger partial charge in [0.15, 0.2) is 17.3 Å². The van der Waals surface area contributed by atoms with Crippen LogP contribution < -0.4 is 4.74 Å². The second kappa shape index (κ2) is 6.97. The summed E-state index contributed by atoms with van der Waals surface area (Å²) < 4.78 is 20.1. The van der Waals surface area contributed by atoms with Crippen molar-refractivity contribution in [3.05, 3.63) is 64.7 Å². The summed E-state index contributed by atoms with van der Waals surface area (Å²) in [6, 6.07) is 10.3. The van der Waals surface area contributed by atoms with Crippen LogP contribution in [0, 0.1) is 29.5 Å². The molecule has 2 aliphatic carbocycles. The molecule has 0 spiro atoms. The standard InChI is InChI=1S/C26H29FO3/c1-6-16-8-9-17(30-21-10-7-15(2)13-20(21)27)14-18(16)22-23(28)19-11-12-26(5,24(22)29)25(19,3)4/h7-10,13-14,19,29H,6,11-12H2,1-5H3/t19-,26+/m0/s1. The van der Waals surface area contributed by atoms with E-state index < -0.39 is 11.2 Å². The number of Topliss-reactive ketones (excluding diaryl/α,β-unsaturated/α-hetero) is 1. The number of halogens is 1. The van der Waals surface area contributed by atoms with Crippen LogP contribution in [0.25, 0.3) is 5.57 Å². The van der Waals surface area contributed by atoms with Crippen LogP contribution in [0.4, 0.5) is 4.39 Å². The molecule has 1 fully saturated rings. The summed E-state index contributed by atoms with van der Waals surface area (Å²) in [5.41, 5.74) is 2.15. The Bertz CT molecular complexity index is 1070. The number of aryl methyl sites for hydroxylation is 2. The lowest BCUT2D eigenvalue weighted by Gasteiger charge is -2.45. The Morgan fingerprint density at radius 2 is 1.90 bits per heavy atom. The van der Waals surface area contributed by atoms with Gasteiger partial charge in [-0.2, -0.15) is 0 Å². The number of aliphatic hydroxyl groups is 1. The normalized spacial score (nSPS) is 25.0. The Morgan fingerprint density at radius 1 is 1.17 bits per heavy atom. The number of benzene rings is 2. The Hall–Kier alpha value is -2.62. The van der Waals surface area contributed by atoms with E-state index in [1.165, 1.54) is 6.07 Å². The molecule has 158 valence electrons. The molecular formula is C26H29FO3. The number of hydrogen-bond donors (Lipinski definition) is 1. The number of carbonyl (C=O) groups is 1. The monoisotopic (exact) mass is 408 g/mol. The topological polar surface area (TPSA) is 46.5 Å². The summed E-state index contributed by atoms with van der Waals surface area (Å²) >= 11 is 0. The number of aliphatic hydroxyl groups excluding tert-OH is 1. The lowest BCUT2D eigenvalue weighted by molar-refractivity contribution is -0.122. The van der Waals surface area contributed by atoms with Gasteiger partial charge in [0, 0.05) is 11.3 Å². The maximum Gasteiger partial charge on any atom is 0.170 e. The highest BCUT2D eigenvalue weighted by Gasteiger charge is 2.61. The average molecular weight is 409 g/mol. The summed E-state index contributed by atoms with van der Waals surface area (Å²) in [5.74, 6) is 0.217. The summed E-state index contributed by atoms with van der Waals surface area (Å²) in [6.07, 6.45) is 2.28. The van der Waals surface area contributed by atoms with Gasteiger partial charge < -0.3 is 9.84 Å². The minimum atomic E-state index is -0.439. The van der Waals surface area contributed by atoms with E-state index in [1.54, 1.807) is 24.3 Å². The van der Waals surface area contributed by atoms with Crippen LogP contribution in [-0.4, -0.2) is 10.9 Å². The van der Waals surface area contributed by atoms with Crippen LogP contribution in [0.2, 0.25) is 0 Å². The van der Waals surface area contributed by atoms with Gasteiger partial charge in [0.2, 0.25) is 0 Å². The van der Waals surface area contributed by atoms with Crippen molar-refractivity contribution in [1.29, 1.82) is 0 Å². The molecule has 0 unspecified atom stereocenters. The maximum absolute atomic E-state index is 14.3. The van der Waals surface area contributed by atoms with E-state index in [9.17, 15) is 14.3 Å². The molecule has 0 amide bonds. The fourth-order valence-corrected chi connectivity index (χ4v) is 5.19. The number of carbonyl (C=O) groups excluding carboxylic acids is 1. The van der Waals surface area contributed by atoms with Gasteiger partial charge in [-0.25, -0.2) is 4.39 Å². The van der Waals surface area contributed by atoms with Crippen LogP contribution in [0.15, 0.2) is 42.2 Å². The molecule has 1 saturated carbocycles. The minimum absolute atomic E-state index is 0.000779. The fraction of sp³-hybridized carbons (Fsp3) is 0.423. The first-order chi connectivity index (χ1) is 14.1. The van der Waals surface area contributed by atoms with E-state index in [0.717, 1.165) is 24.0 Å². The third-order valence-electron chi connectivity index (χ3n) is 7.60. The van der Waals surface area contributed by atoms with E-state index in [0.29, 0.717) is 23.3 Å². The van der Waals surface area contributed by atoms with Gasteiger partial charge in [-0.1, -0.05) is 39.8 Å². The molecule has 2 aromatic rings. The molecule has 2 aliphatic rings. The van der Waals surface area contributed by atoms with E-state index in [4.69, 9.17) is 4.74 Å². The van der Waals surface area contributed by atoms with Gasteiger partial charge in [0.25, 0.3) is 0 Å². The molecule has 3 nitrogen and oxygen atoms in total. The highest BCUT2D eigenvalue weighted by molar-refractivity contribution is 6.24. The average Bonchev–Trinajstić information content (AvgIpc) is 2.87. The zero-order chi connectivity index (χ0) is 21.8. The molecule has 0 saturated heterocycles.